The van der Waals surface area contributed by atoms with Crippen molar-refractivity contribution in [2.24, 2.45) is 0 Å². The molecule has 0 saturated heterocycles. The van der Waals surface area contributed by atoms with Gasteiger partial charge >= 0.3 is 192 Å². The topological polar surface area (TPSA) is 55.8 Å². The molecule has 208 valence electrons. The van der Waals surface area contributed by atoms with Crippen LogP contribution in [0.4, 0.5) is 17.1 Å². The van der Waals surface area contributed by atoms with Gasteiger partial charge in [0.1, 0.15) is 0 Å². The van der Waals surface area contributed by atoms with Crippen molar-refractivity contribution >= 4 is 49.2 Å². The molecule has 0 bridgehead atoms. The van der Waals surface area contributed by atoms with Gasteiger partial charge in [-0.25, -0.2) is 0 Å². The Morgan fingerprint density at radius 1 is 0.756 bits per heavy atom. The summed E-state index contributed by atoms with van der Waals surface area (Å²) in [5, 5.41) is 0. The molecule has 0 amide bonds. The van der Waals surface area contributed by atoms with Crippen LogP contribution in [0.1, 0.15) is 77.9 Å². The molecule has 6 rings (SSSR count). The molecule has 0 spiro atoms. The number of nitrogens with zero attached hydrogens (tertiary/aromatic N) is 1. The summed E-state index contributed by atoms with van der Waals surface area (Å²) in [6.07, 6.45) is 3.35. The van der Waals surface area contributed by atoms with Crippen LogP contribution in [0.5, 0.6) is 11.5 Å². The number of ether oxygens (including phenoxy) is 2. The standard InChI is InChI=1S/C35H33NO4Se/c1-5-15-39-31-19-30(36-28-13-9-7-11-26(28)35(3,4)27-12-8-10-14-29(27)36)32(40-16-6-2)18-22(31)17-23-33(37)24-20-41-21-25(24)34(23)38/h7-14,17-21H,5-6,15-16H2,1-4H3. The number of carbonyl (C=O) groups excluding carboxylic acids is 2. The number of hydrogen-bond donors (Lipinski definition) is 0. The van der Waals surface area contributed by atoms with Gasteiger partial charge in [-0.2, -0.15) is 0 Å². The van der Waals surface area contributed by atoms with E-state index < -0.39 is 0 Å². The predicted molar refractivity (Wildman–Crippen MR) is 165 cm³/mol. The molecule has 2 aliphatic rings. The van der Waals surface area contributed by atoms with Gasteiger partial charge in [0.05, 0.1) is 0 Å². The van der Waals surface area contributed by atoms with Gasteiger partial charge in [0.15, 0.2) is 0 Å². The number of rotatable bonds is 8. The van der Waals surface area contributed by atoms with Gasteiger partial charge in [-0.05, 0) is 0 Å². The fourth-order valence-corrected chi connectivity index (χ4v) is 7.47. The quantitative estimate of drug-likeness (QED) is 0.115. The Hall–Kier alpha value is -3.86. The fourth-order valence-electron chi connectivity index (χ4n) is 5.77. The summed E-state index contributed by atoms with van der Waals surface area (Å²) in [4.78, 5) is 32.4. The molecule has 5 nitrogen and oxygen atoms in total. The molecule has 3 aromatic carbocycles. The molecule has 0 N–H and O–H groups in total. The summed E-state index contributed by atoms with van der Waals surface area (Å²) >= 11 is 0.0648. The Morgan fingerprint density at radius 3 is 1.85 bits per heavy atom. The van der Waals surface area contributed by atoms with Gasteiger partial charge in [0.25, 0.3) is 0 Å². The molecule has 0 saturated carbocycles. The van der Waals surface area contributed by atoms with Crippen molar-refractivity contribution in [3.05, 3.63) is 104 Å². The van der Waals surface area contributed by atoms with E-state index in [-0.39, 0.29) is 37.1 Å². The Balaban J connectivity index is 1.57. The average Bonchev–Trinajstić information content (AvgIpc) is 3.55. The van der Waals surface area contributed by atoms with Gasteiger partial charge in [-0.1, -0.05) is 50.2 Å². The third-order valence-electron chi connectivity index (χ3n) is 7.83. The first-order valence-corrected chi connectivity index (χ1v) is 16.1. The second kappa shape index (κ2) is 10.8. The molecule has 6 heteroatoms. The van der Waals surface area contributed by atoms with Crippen LogP contribution in [-0.2, 0) is 5.41 Å². The zero-order valence-electron chi connectivity index (χ0n) is 23.8. The van der Waals surface area contributed by atoms with Gasteiger partial charge in [-0.3, -0.25) is 0 Å². The summed E-state index contributed by atoms with van der Waals surface area (Å²) in [5.41, 5.74) is 7.21. The summed E-state index contributed by atoms with van der Waals surface area (Å²) in [6.45, 7) is 9.69. The van der Waals surface area contributed by atoms with E-state index in [0.717, 1.165) is 29.9 Å². The van der Waals surface area contributed by atoms with E-state index in [9.17, 15) is 9.59 Å². The Labute approximate surface area is 247 Å². The number of Topliss-reactive ketones (excluding diaryl/α,β-unsaturated/α-hetero) is 2. The molecule has 1 aromatic heterocycles. The summed E-state index contributed by atoms with van der Waals surface area (Å²) in [7, 11) is 0. The van der Waals surface area contributed by atoms with Crippen molar-refractivity contribution in [3.63, 3.8) is 0 Å². The molecule has 2 heterocycles. The van der Waals surface area contributed by atoms with Crippen LogP contribution in [0.25, 0.3) is 6.08 Å². The van der Waals surface area contributed by atoms with E-state index in [0.29, 0.717) is 41.4 Å². The number of anilines is 3. The summed E-state index contributed by atoms with van der Waals surface area (Å²) in [5.74, 6) is 0.876. The first kappa shape index (κ1) is 27.3. The molecular formula is C35H33NO4Se. The van der Waals surface area contributed by atoms with E-state index in [2.05, 4.69) is 81.1 Å². The van der Waals surface area contributed by atoms with E-state index in [1.165, 1.54) is 11.1 Å². The van der Waals surface area contributed by atoms with Crippen LogP contribution in [-0.4, -0.2) is 39.3 Å². The number of benzene rings is 3. The zero-order valence-corrected chi connectivity index (χ0v) is 25.5. The molecule has 0 radical (unpaired) electrons. The van der Waals surface area contributed by atoms with Crippen LogP contribution in [0.15, 0.2) is 76.1 Å². The number of para-hydroxylation sites is 2. The van der Waals surface area contributed by atoms with Crippen LogP contribution in [0, 0.1) is 0 Å². The summed E-state index contributed by atoms with van der Waals surface area (Å²) < 4.78 is 12.7. The molecule has 0 fully saturated rings. The monoisotopic (exact) mass is 611 g/mol. The van der Waals surface area contributed by atoms with Crippen molar-refractivity contribution in [2.75, 3.05) is 18.1 Å². The average molecular weight is 611 g/mol. The van der Waals surface area contributed by atoms with E-state index >= 15 is 0 Å². The van der Waals surface area contributed by atoms with Crippen molar-refractivity contribution < 1.29 is 19.1 Å². The number of hydrogen-bond acceptors (Lipinski definition) is 5. The molecule has 1 aliphatic carbocycles. The molecule has 41 heavy (non-hydrogen) atoms. The van der Waals surface area contributed by atoms with Crippen molar-refractivity contribution in [1.29, 1.82) is 0 Å². The van der Waals surface area contributed by atoms with Crippen molar-refractivity contribution in [3.8, 4) is 11.5 Å². The molecule has 0 atom stereocenters. The number of ketones is 2. The Morgan fingerprint density at radius 2 is 1.29 bits per heavy atom. The second-order valence-electron chi connectivity index (χ2n) is 11.0. The third-order valence-corrected chi connectivity index (χ3v) is 9.39. The number of allylic oxidation sites excluding steroid dienone is 1. The van der Waals surface area contributed by atoms with Crippen LogP contribution in [0.3, 0.4) is 0 Å². The Bertz CT molecular complexity index is 1610. The molecule has 0 unspecified atom stereocenters. The van der Waals surface area contributed by atoms with Gasteiger partial charge < -0.3 is 0 Å². The maximum absolute atomic E-state index is 13.2. The zero-order chi connectivity index (χ0) is 28.7. The summed E-state index contributed by atoms with van der Waals surface area (Å²) in [6, 6.07) is 20.9. The van der Waals surface area contributed by atoms with Crippen molar-refractivity contribution in [1.82, 2.24) is 0 Å². The maximum atomic E-state index is 13.2. The first-order valence-electron chi connectivity index (χ1n) is 14.2. The van der Waals surface area contributed by atoms with Crippen LogP contribution >= 0.6 is 0 Å². The van der Waals surface area contributed by atoms with E-state index in [1.807, 2.05) is 22.0 Å². The van der Waals surface area contributed by atoms with Crippen molar-refractivity contribution in [2.45, 2.75) is 46.0 Å². The molecule has 4 aromatic rings. The van der Waals surface area contributed by atoms with Gasteiger partial charge in [0, 0.05) is 5.41 Å². The predicted octanol–water partition coefficient (Wildman–Crippen LogP) is 7.89. The van der Waals surface area contributed by atoms with Crippen LogP contribution < -0.4 is 14.4 Å². The van der Waals surface area contributed by atoms with Crippen LogP contribution in [0.2, 0.25) is 0 Å². The minimum atomic E-state index is -0.205. The number of fused-ring (bicyclic) bond motifs is 3. The molecule has 1 aliphatic heterocycles. The molecular weight excluding hydrogens is 577 g/mol. The minimum absolute atomic E-state index is 0.0648. The van der Waals surface area contributed by atoms with E-state index in [1.54, 1.807) is 6.08 Å². The van der Waals surface area contributed by atoms with Gasteiger partial charge in [0.2, 0.25) is 0 Å². The normalized spacial score (nSPS) is 14.9. The van der Waals surface area contributed by atoms with Gasteiger partial charge in [-0.15, -0.1) is 0 Å². The fraction of sp³-hybridized carbons (Fsp3) is 0.257. The first-order chi connectivity index (χ1) is 19.9. The number of carbonyl (C=O) groups is 2. The SMILES string of the molecule is CCCOc1cc(N2c3ccccc3C(C)(C)c3ccccc32)c(OCCC)cc1C=C1C(=O)c2c[se]cc2C1=O. The Kier molecular flexibility index (Phi) is 7.23. The third kappa shape index (κ3) is 4.56. The second-order valence-corrected chi connectivity index (χ2v) is 12.5. The van der Waals surface area contributed by atoms with E-state index in [4.69, 9.17) is 9.47 Å².